The second-order valence-electron chi connectivity index (χ2n) is 4.57. The lowest BCUT2D eigenvalue weighted by Crippen LogP contribution is -2.37. The first kappa shape index (κ1) is 13.5. The Morgan fingerprint density at radius 3 is 2.68 bits per heavy atom. The largest absolute Gasteiger partial charge is 0.316 e. The summed E-state index contributed by atoms with van der Waals surface area (Å²) in [5.41, 5.74) is 0.719. The summed E-state index contributed by atoms with van der Waals surface area (Å²) in [6, 6.07) is 4.91. The first-order valence-electron chi connectivity index (χ1n) is 5.57. The molecule has 102 valence electrons. The van der Waals surface area contributed by atoms with E-state index in [1.165, 1.54) is 11.8 Å². The van der Waals surface area contributed by atoms with E-state index in [-0.39, 0.29) is 22.8 Å². The highest BCUT2D eigenvalue weighted by Gasteiger charge is 2.48. The van der Waals surface area contributed by atoms with Gasteiger partial charge in [0, 0.05) is 10.9 Å². The van der Waals surface area contributed by atoms with E-state index in [2.05, 4.69) is 0 Å². The van der Waals surface area contributed by atoms with Crippen molar-refractivity contribution in [3.63, 3.8) is 0 Å². The molecule has 0 aromatic heterocycles. The second kappa shape index (κ2) is 4.55. The summed E-state index contributed by atoms with van der Waals surface area (Å²) in [6.07, 6.45) is 0. The zero-order valence-electron chi connectivity index (χ0n) is 9.64. The number of sulfone groups is 1. The van der Waals surface area contributed by atoms with E-state index >= 15 is 0 Å². The molecule has 0 amide bonds. The maximum atomic E-state index is 11.7. The van der Waals surface area contributed by atoms with Gasteiger partial charge in [0.15, 0.2) is 15.0 Å². The molecule has 2 aliphatic heterocycles. The SMILES string of the molecule is N=C1SC2CS(=O)(=O)CC2N1c1ccc(Cl)c(Cl)c1. The van der Waals surface area contributed by atoms with E-state index < -0.39 is 9.84 Å². The van der Waals surface area contributed by atoms with Crippen LogP contribution in [0, 0.1) is 5.41 Å². The average Bonchev–Trinajstić information content (AvgIpc) is 2.73. The Kier molecular flexibility index (Phi) is 3.24. The number of amidine groups is 1. The normalized spacial score (nSPS) is 28.7. The van der Waals surface area contributed by atoms with E-state index in [1.54, 1.807) is 23.1 Å². The van der Waals surface area contributed by atoms with E-state index in [0.29, 0.717) is 15.2 Å². The Morgan fingerprint density at radius 1 is 1.26 bits per heavy atom. The third-order valence-electron chi connectivity index (χ3n) is 3.27. The van der Waals surface area contributed by atoms with Crippen LogP contribution in [0.3, 0.4) is 0 Å². The van der Waals surface area contributed by atoms with Crippen molar-refractivity contribution in [1.29, 1.82) is 5.41 Å². The van der Waals surface area contributed by atoms with Crippen LogP contribution in [0.5, 0.6) is 0 Å². The number of anilines is 1. The first-order valence-corrected chi connectivity index (χ1v) is 9.03. The maximum absolute atomic E-state index is 11.7. The van der Waals surface area contributed by atoms with Gasteiger partial charge >= 0.3 is 0 Å². The predicted octanol–water partition coefficient (Wildman–Crippen LogP) is 2.65. The van der Waals surface area contributed by atoms with E-state index in [1.807, 2.05) is 0 Å². The summed E-state index contributed by atoms with van der Waals surface area (Å²) in [5.74, 6) is 0.232. The van der Waals surface area contributed by atoms with Crippen LogP contribution in [0.15, 0.2) is 18.2 Å². The molecule has 0 saturated carbocycles. The molecule has 2 fully saturated rings. The first-order chi connectivity index (χ1) is 8.87. The fraction of sp³-hybridized carbons (Fsp3) is 0.364. The molecule has 1 N–H and O–H groups in total. The van der Waals surface area contributed by atoms with Crippen molar-refractivity contribution in [3.05, 3.63) is 28.2 Å². The minimum atomic E-state index is -3.01. The molecule has 0 aliphatic carbocycles. The van der Waals surface area contributed by atoms with Gasteiger partial charge in [0.1, 0.15) is 0 Å². The summed E-state index contributed by atoms with van der Waals surface area (Å²) in [6.45, 7) is 0. The summed E-state index contributed by atoms with van der Waals surface area (Å²) >= 11 is 13.2. The quantitative estimate of drug-likeness (QED) is 0.856. The van der Waals surface area contributed by atoms with Crippen LogP contribution in [0.25, 0.3) is 0 Å². The van der Waals surface area contributed by atoms with Gasteiger partial charge in [-0.05, 0) is 18.2 Å². The molecule has 4 nitrogen and oxygen atoms in total. The van der Waals surface area contributed by atoms with Crippen LogP contribution in [0.1, 0.15) is 0 Å². The Morgan fingerprint density at radius 2 is 2.00 bits per heavy atom. The third kappa shape index (κ3) is 2.35. The molecule has 0 radical (unpaired) electrons. The Hall–Kier alpha value is -0.430. The minimum Gasteiger partial charge on any atom is -0.316 e. The zero-order chi connectivity index (χ0) is 13.8. The number of nitrogens with one attached hydrogen (secondary N) is 1. The molecular weight excluding hydrogens is 327 g/mol. The molecule has 8 heteroatoms. The fourth-order valence-electron chi connectivity index (χ4n) is 2.44. The summed E-state index contributed by atoms with van der Waals surface area (Å²) < 4.78 is 23.4. The molecule has 2 saturated heterocycles. The van der Waals surface area contributed by atoms with Gasteiger partial charge in [-0.1, -0.05) is 35.0 Å². The minimum absolute atomic E-state index is 0.0630. The van der Waals surface area contributed by atoms with Crippen molar-refractivity contribution < 1.29 is 8.42 Å². The lowest BCUT2D eigenvalue weighted by molar-refractivity contribution is 0.601. The standard InChI is InChI=1S/C11H10Cl2N2O2S2/c12-7-2-1-6(3-8(7)13)15-9-4-19(16,17)5-10(9)18-11(15)14/h1-3,9-10,14H,4-5H2. The number of halogens is 2. The average molecular weight is 337 g/mol. The van der Waals surface area contributed by atoms with Crippen molar-refractivity contribution in [2.75, 3.05) is 16.4 Å². The highest BCUT2D eigenvalue weighted by molar-refractivity contribution is 8.15. The maximum Gasteiger partial charge on any atom is 0.161 e. The van der Waals surface area contributed by atoms with E-state index in [0.717, 1.165) is 5.69 Å². The van der Waals surface area contributed by atoms with Gasteiger partial charge in [0.25, 0.3) is 0 Å². The number of hydrogen-bond acceptors (Lipinski definition) is 4. The zero-order valence-corrected chi connectivity index (χ0v) is 12.8. The molecule has 2 heterocycles. The molecule has 2 aliphatic rings. The van der Waals surface area contributed by atoms with E-state index in [4.69, 9.17) is 28.6 Å². The van der Waals surface area contributed by atoms with Gasteiger partial charge in [-0.15, -0.1) is 0 Å². The van der Waals surface area contributed by atoms with Gasteiger partial charge in [-0.25, -0.2) is 8.42 Å². The molecule has 0 bridgehead atoms. The summed E-state index contributed by atoms with van der Waals surface area (Å²) in [4.78, 5) is 1.74. The Labute approximate surface area is 125 Å². The van der Waals surface area contributed by atoms with Crippen molar-refractivity contribution in [2.45, 2.75) is 11.3 Å². The predicted molar refractivity (Wildman–Crippen MR) is 80.5 cm³/mol. The summed E-state index contributed by atoms with van der Waals surface area (Å²) in [5, 5.41) is 9.16. The Balaban J connectivity index is 1.99. The monoisotopic (exact) mass is 336 g/mol. The molecule has 19 heavy (non-hydrogen) atoms. The highest BCUT2D eigenvalue weighted by atomic mass is 35.5. The van der Waals surface area contributed by atoms with Gasteiger partial charge in [-0.2, -0.15) is 0 Å². The second-order valence-corrected chi connectivity index (χ2v) is 8.77. The molecular formula is C11H10Cl2N2O2S2. The molecule has 2 atom stereocenters. The summed E-state index contributed by atoms with van der Waals surface area (Å²) in [7, 11) is -3.01. The van der Waals surface area contributed by atoms with Gasteiger partial charge in [0.2, 0.25) is 0 Å². The van der Waals surface area contributed by atoms with E-state index in [9.17, 15) is 8.42 Å². The lowest BCUT2D eigenvalue weighted by Gasteiger charge is -2.24. The smallest absolute Gasteiger partial charge is 0.161 e. The van der Waals surface area contributed by atoms with Crippen molar-refractivity contribution >= 4 is 55.7 Å². The fourth-order valence-corrected chi connectivity index (χ4v) is 6.53. The molecule has 3 rings (SSSR count). The van der Waals surface area contributed by atoms with Gasteiger partial charge in [0.05, 0.1) is 27.6 Å². The van der Waals surface area contributed by atoms with Crippen LogP contribution < -0.4 is 4.90 Å². The number of hydrogen-bond donors (Lipinski definition) is 1. The topological polar surface area (TPSA) is 61.2 Å². The molecule has 1 aromatic carbocycles. The van der Waals surface area contributed by atoms with Crippen LogP contribution in [-0.2, 0) is 9.84 Å². The third-order valence-corrected chi connectivity index (χ3v) is 7.14. The van der Waals surface area contributed by atoms with Crippen LogP contribution in [0.4, 0.5) is 5.69 Å². The van der Waals surface area contributed by atoms with Crippen LogP contribution in [-0.4, -0.2) is 36.4 Å². The molecule has 1 aromatic rings. The molecule has 2 unspecified atom stereocenters. The van der Waals surface area contributed by atoms with Crippen molar-refractivity contribution in [3.8, 4) is 0 Å². The lowest BCUT2D eigenvalue weighted by atomic mass is 10.2. The number of benzene rings is 1. The highest BCUT2D eigenvalue weighted by Crippen LogP contribution is 2.41. The van der Waals surface area contributed by atoms with Crippen molar-refractivity contribution in [1.82, 2.24) is 0 Å². The number of fused-ring (bicyclic) bond motifs is 1. The molecule has 0 spiro atoms. The van der Waals surface area contributed by atoms with Crippen molar-refractivity contribution in [2.24, 2.45) is 0 Å². The van der Waals surface area contributed by atoms with Crippen LogP contribution >= 0.6 is 35.0 Å². The number of thioether (sulfide) groups is 1. The Bertz CT molecular complexity index is 663. The number of rotatable bonds is 1. The van der Waals surface area contributed by atoms with Gasteiger partial charge < -0.3 is 4.90 Å². The van der Waals surface area contributed by atoms with Gasteiger partial charge in [-0.3, -0.25) is 5.41 Å². The van der Waals surface area contributed by atoms with Crippen LogP contribution in [0.2, 0.25) is 10.0 Å². The number of nitrogens with zero attached hydrogens (tertiary/aromatic N) is 1.